The molecule has 2 amide bonds. The molecule has 10 nitrogen and oxygen atoms in total. The predicted molar refractivity (Wildman–Crippen MR) is 185 cm³/mol. The summed E-state index contributed by atoms with van der Waals surface area (Å²) in [4.78, 5) is 43.1. The third-order valence-corrected chi connectivity index (χ3v) is 12.0. The first-order valence-electron chi connectivity index (χ1n) is 17.4. The van der Waals surface area contributed by atoms with Gasteiger partial charge < -0.3 is 14.3 Å². The van der Waals surface area contributed by atoms with Gasteiger partial charge in [0.1, 0.15) is 6.54 Å². The summed E-state index contributed by atoms with van der Waals surface area (Å²) < 4.78 is 38.1. The molecule has 3 fully saturated rings. The van der Waals surface area contributed by atoms with E-state index in [1.165, 1.54) is 5.70 Å². The smallest absolute Gasteiger partial charge is 0.333 e. The summed E-state index contributed by atoms with van der Waals surface area (Å²) in [5.41, 5.74) is 4.21. The summed E-state index contributed by atoms with van der Waals surface area (Å²) in [5, 5.41) is 2.03. The Morgan fingerprint density at radius 2 is 1.61 bits per heavy atom. The van der Waals surface area contributed by atoms with Crippen molar-refractivity contribution in [1.29, 1.82) is 0 Å². The molecule has 3 aliphatic rings. The fourth-order valence-electron chi connectivity index (χ4n) is 8.31. The van der Waals surface area contributed by atoms with Crippen molar-refractivity contribution in [3.05, 3.63) is 71.9 Å². The molecule has 0 radical (unpaired) electrons. The molecule has 260 valence electrons. The SMILES string of the molecule is CCN1/C(=C/C=C/c2c3ccccc3[n+](CCCCCC(=O)ON3C(=O)CCC3=O)c3ccccc23)C(C)(C)C2CC(S(=O)(=O)[O-])CCC21. The number of allylic oxidation sites excluding steroid dienone is 3. The fourth-order valence-corrected chi connectivity index (χ4v) is 9.17. The third-order valence-electron chi connectivity index (χ3n) is 10.8. The number of pyridine rings is 1. The van der Waals surface area contributed by atoms with E-state index >= 15 is 0 Å². The van der Waals surface area contributed by atoms with Crippen LogP contribution in [0.25, 0.3) is 27.9 Å². The van der Waals surface area contributed by atoms with Crippen molar-refractivity contribution < 1.29 is 36.8 Å². The Morgan fingerprint density at radius 1 is 0.980 bits per heavy atom. The number of carbonyl (C=O) groups is 3. The zero-order valence-electron chi connectivity index (χ0n) is 28.5. The van der Waals surface area contributed by atoms with Gasteiger partial charge in [0.05, 0.1) is 20.9 Å². The lowest BCUT2D eigenvalue weighted by Gasteiger charge is -2.38. The van der Waals surface area contributed by atoms with Crippen molar-refractivity contribution in [3.8, 4) is 0 Å². The van der Waals surface area contributed by atoms with Crippen LogP contribution in [0.15, 0.2) is 66.4 Å². The van der Waals surface area contributed by atoms with Gasteiger partial charge in [0.25, 0.3) is 11.8 Å². The molecular formula is C38H45N3O7S. The van der Waals surface area contributed by atoms with Crippen LogP contribution in [0.3, 0.4) is 0 Å². The second-order valence-electron chi connectivity index (χ2n) is 14.0. The number of rotatable bonds is 11. The van der Waals surface area contributed by atoms with E-state index in [1.807, 2.05) is 24.3 Å². The number of nitrogens with zero attached hydrogens (tertiary/aromatic N) is 3. The number of benzene rings is 2. The number of fused-ring (bicyclic) bond motifs is 3. The Bertz CT molecular complexity index is 1880. The van der Waals surface area contributed by atoms with E-state index < -0.39 is 33.2 Å². The van der Waals surface area contributed by atoms with Gasteiger partial charge in [-0.2, -0.15) is 4.57 Å². The maximum Gasteiger partial charge on any atom is 0.333 e. The van der Waals surface area contributed by atoms with Crippen LogP contribution in [-0.4, -0.2) is 58.6 Å². The molecule has 3 unspecified atom stereocenters. The first-order valence-corrected chi connectivity index (χ1v) is 18.9. The normalized spacial score (nSPS) is 23.3. The van der Waals surface area contributed by atoms with Crippen LogP contribution in [0.5, 0.6) is 0 Å². The highest BCUT2D eigenvalue weighted by molar-refractivity contribution is 7.86. The van der Waals surface area contributed by atoms with E-state index in [9.17, 15) is 27.4 Å². The van der Waals surface area contributed by atoms with Gasteiger partial charge in [0.2, 0.25) is 11.0 Å². The molecule has 3 heterocycles. The van der Waals surface area contributed by atoms with Gasteiger partial charge in [-0.15, -0.1) is 5.06 Å². The van der Waals surface area contributed by atoms with Gasteiger partial charge in [-0.1, -0.05) is 50.3 Å². The Morgan fingerprint density at radius 3 is 2.22 bits per heavy atom. The third kappa shape index (κ3) is 6.88. The lowest BCUT2D eigenvalue weighted by atomic mass is 9.70. The average molecular weight is 688 g/mol. The molecule has 1 aliphatic carbocycles. The summed E-state index contributed by atoms with van der Waals surface area (Å²) in [7, 11) is -4.32. The van der Waals surface area contributed by atoms with Crippen LogP contribution in [0.4, 0.5) is 0 Å². The summed E-state index contributed by atoms with van der Waals surface area (Å²) >= 11 is 0. The minimum Gasteiger partial charge on any atom is -0.748 e. The number of amides is 2. The van der Waals surface area contributed by atoms with Crippen LogP contribution >= 0.6 is 0 Å². The number of carbonyl (C=O) groups excluding carboxylic acids is 3. The fraction of sp³-hybridized carbons (Fsp3) is 0.474. The van der Waals surface area contributed by atoms with E-state index in [-0.39, 0.29) is 36.6 Å². The van der Waals surface area contributed by atoms with Crippen LogP contribution < -0.4 is 4.57 Å². The van der Waals surface area contributed by atoms with Crippen molar-refractivity contribution in [3.63, 3.8) is 0 Å². The molecule has 1 saturated carbocycles. The number of likely N-dealkylation sites (tertiary alicyclic amines) is 1. The van der Waals surface area contributed by atoms with Crippen molar-refractivity contribution in [2.24, 2.45) is 11.3 Å². The zero-order chi connectivity index (χ0) is 34.9. The molecule has 0 spiro atoms. The van der Waals surface area contributed by atoms with Crippen molar-refractivity contribution >= 4 is 55.8 Å². The standard InChI is InChI=1S/C38H45N3O7S/c1-4-39-33-21-20-26(49(45,46)47)25-30(33)38(2,3)34(39)18-12-15-27-28-13-7-9-16-31(28)40(32-17-10-8-14-29(27)32)24-11-5-6-19-37(44)48-41-35(42)22-23-36(41)43/h7-10,12-18,26,30,33H,4-6,11,19-25H2,1-3H3. The second-order valence-corrected chi connectivity index (χ2v) is 15.6. The lowest BCUT2D eigenvalue weighted by Crippen LogP contribution is -2.41. The van der Waals surface area contributed by atoms with Crippen molar-refractivity contribution in [1.82, 2.24) is 9.96 Å². The molecule has 3 aromatic rings. The number of hydrogen-bond acceptors (Lipinski definition) is 8. The van der Waals surface area contributed by atoms with Crippen molar-refractivity contribution in [2.45, 2.75) is 96.4 Å². The van der Waals surface area contributed by atoms with Gasteiger partial charge in [-0.05, 0) is 63.2 Å². The Kier molecular flexibility index (Phi) is 9.95. The first-order chi connectivity index (χ1) is 23.4. The Labute approximate surface area is 288 Å². The predicted octanol–water partition coefficient (Wildman–Crippen LogP) is 5.79. The van der Waals surface area contributed by atoms with Gasteiger partial charge in [-0.25, -0.2) is 13.2 Å². The number of para-hydroxylation sites is 2. The quantitative estimate of drug-likeness (QED) is 0.0815. The molecular weight excluding hydrogens is 642 g/mol. The van der Waals surface area contributed by atoms with E-state index in [1.54, 1.807) is 0 Å². The Balaban J connectivity index is 1.21. The van der Waals surface area contributed by atoms with E-state index in [0.29, 0.717) is 30.7 Å². The monoisotopic (exact) mass is 687 g/mol. The van der Waals surface area contributed by atoms with Gasteiger partial charge in [-0.3, -0.25) is 9.59 Å². The molecule has 11 heteroatoms. The van der Waals surface area contributed by atoms with Crippen LogP contribution in [0.2, 0.25) is 0 Å². The number of aromatic nitrogens is 1. The summed E-state index contributed by atoms with van der Waals surface area (Å²) in [5.74, 6) is -1.42. The number of hydroxylamine groups is 2. The maximum atomic E-state index is 12.2. The van der Waals surface area contributed by atoms with Crippen LogP contribution in [-0.2, 0) is 35.9 Å². The summed E-state index contributed by atoms with van der Waals surface area (Å²) in [6.45, 7) is 8.04. The molecule has 2 aliphatic heterocycles. The number of hydrogen-bond donors (Lipinski definition) is 0. The minimum atomic E-state index is -4.32. The van der Waals surface area contributed by atoms with Crippen molar-refractivity contribution in [2.75, 3.05) is 6.54 Å². The van der Waals surface area contributed by atoms with Crippen LogP contribution in [0.1, 0.15) is 84.1 Å². The number of unbranched alkanes of at least 4 members (excludes halogenated alkanes) is 2. The minimum absolute atomic E-state index is 0.0780. The van der Waals surface area contributed by atoms with Gasteiger partial charge in [0.15, 0.2) is 0 Å². The number of aryl methyl sites for hydroxylation is 1. The highest BCUT2D eigenvalue weighted by Gasteiger charge is 2.52. The highest BCUT2D eigenvalue weighted by atomic mass is 32.2. The molecule has 2 aromatic carbocycles. The molecule has 3 atom stereocenters. The topological polar surface area (TPSA) is 128 Å². The largest absolute Gasteiger partial charge is 0.748 e. The molecule has 6 rings (SSSR count). The maximum absolute atomic E-state index is 12.2. The molecule has 0 N–H and O–H groups in total. The summed E-state index contributed by atoms with van der Waals surface area (Å²) in [6, 6.07) is 16.9. The Hall–Kier alpha value is -4.09. The molecule has 0 bridgehead atoms. The molecule has 49 heavy (non-hydrogen) atoms. The van der Waals surface area contributed by atoms with Gasteiger partial charge in [0, 0.05) is 72.3 Å². The first kappa shape index (κ1) is 34.8. The lowest BCUT2D eigenvalue weighted by molar-refractivity contribution is -0.645. The highest BCUT2D eigenvalue weighted by Crippen LogP contribution is 2.54. The van der Waals surface area contributed by atoms with E-state index in [2.05, 4.69) is 72.7 Å². The second kappa shape index (κ2) is 14.0. The van der Waals surface area contributed by atoms with Crippen LogP contribution in [0, 0.1) is 11.3 Å². The average Bonchev–Trinajstić information content (AvgIpc) is 3.50. The van der Waals surface area contributed by atoms with E-state index in [4.69, 9.17) is 4.84 Å². The van der Waals surface area contributed by atoms with Gasteiger partial charge >= 0.3 is 5.97 Å². The zero-order valence-corrected chi connectivity index (χ0v) is 29.3. The molecule has 1 aromatic heterocycles. The number of imide groups is 1. The van der Waals surface area contributed by atoms with E-state index in [0.717, 1.165) is 53.3 Å². The summed E-state index contributed by atoms with van der Waals surface area (Å²) in [6.07, 6.45) is 10.4. The molecule has 2 saturated heterocycles.